The molecule has 0 spiro atoms. The molecule has 0 heterocycles. The third-order valence-electron chi connectivity index (χ3n) is 4.74. The van der Waals surface area contributed by atoms with Gasteiger partial charge in [0.15, 0.2) is 0 Å². The number of nitrogens with zero attached hydrogens (tertiary/aromatic N) is 1. The van der Waals surface area contributed by atoms with Crippen molar-refractivity contribution in [2.24, 2.45) is 11.1 Å². The van der Waals surface area contributed by atoms with Crippen LogP contribution in [0.1, 0.15) is 71.6 Å². The molecule has 0 saturated heterocycles. The van der Waals surface area contributed by atoms with E-state index in [1.54, 1.807) is 0 Å². The van der Waals surface area contributed by atoms with Crippen molar-refractivity contribution in [2.75, 3.05) is 13.6 Å². The normalized spacial score (nSPS) is 17.5. The molecular weight excluding hydrogens is 236 g/mol. The van der Waals surface area contributed by atoms with Crippen LogP contribution < -0.4 is 5.73 Å². The Morgan fingerprint density at radius 2 is 1.68 bits per heavy atom. The fraction of sp³-hybridized carbons (Fsp3) is 0.938. The Morgan fingerprint density at radius 1 is 1.16 bits per heavy atom. The van der Waals surface area contributed by atoms with Crippen LogP contribution in [0.25, 0.3) is 0 Å². The highest BCUT2D eigenvalue weighted by molar-refractivity contribution is 5.83. The van der Waals surface area contributed by atoms with E-state index in [4.69, 9.17) is 5.73 Å². The van der Waals surface area contributed by atoms with E-state index in [1.807, 2.05) is 11.9 Å². The first kappa shape index (κ1) is 16.5. The van der Waals surface area contributed by atoms with Gasteiger partial charge >= 0.3 is 0 Å². The molecule has 3 heteroatoms. The van der Waals surface area contributed by atoms with Crippen molar-refractivity contribution in [3.63, 3.8) is 0 Å². The maximum Gasteiger partial charge on any atom is 0.230 e. The standard InChI is InChI=1S/C16H32N2O/c1-4-11-16(13-17,12-5-2)15(19)18(3)14-9-7-6-8-10-14/h14H,4-13,17H2,1-3H3. The van der Waals surface area contributed by atoms with Gasteiger partial charge in [-0.2, -0.15) is 0 Å². The molecule has 112 valence electrons. The van der Waals surface area contributed by atoms with E-state index >= 15 is 0 Å². The lowest BCUT2D eigenvalue weighted by Crippen LogP contribution is -2.50. The Hall–Kier alpha value is -0.570. The molecule has 1 aliphatic carbocycles. The van der Waals surface area contributed by atoms with Gasteiger partial charge in [-0.05, 0) is 25.7 Å². The molecular formula is C16H32N2O. The Bertz CT molecular complexity index is 266. The van der Waals surface area contributed by atoms with Gasteiger partial charge in [-0.25, -0.2) is 0 Å². The first-order valence-corrected chi connectivity index (χ1v) is 8.08. The second-order valence-corrected chi connectivity index (χ2v) is 6.19. The van der Waals surface area contributed by atoms with Crippen LogP contribution in [-0.2, 0) is 4.79 Å². The van der Waals surface area contributed by atoms with Gasteiger partial charge in [0.05, 0.1) is 5.41 Å². The van der Waals surface area contributed by atoms with Crippen molar-refractivity contribution in [3.05, 3.63) is 0 Å². The first-order valence-electron chi connectivity index (χ1n) is 8.08. The predicted octanol–water partition coefficient (Wildman–Crippen LogP) is 3.32. The molecule has 1 fully saturated rings. The minimum atomic E-state index is -0.310. The van der Waals surface area contributed by atoms with E-state index in [0.29, 0.717) is 18.5 Å². The van der Waals surface area contributed by atoms with Crippen molar-refractivity contribution >= 4 is 5.91 Å². The average molecular weight is 268 g/mol. The highest BCUT2D eigenvalue weighted by Crippen LogP contribution is 2.33. The SMILES string of the molecule is CCCC(CN)(CCC)C(=O)N(C)C1CCCCC1. The molecule has 0 aromatic carbocycles. The van der Waals surface area contributed by atoms with Gasteiger partial charge < -0.3 is 10.6 Å². The van der Waals surface area contributed by atoms with Crippen LogP contribution in [0.5, 0.6) is 0 Å². The Balaban J connectivity index is 2.78. The van der Waals surface area contributed by atoms with E-state index in [1.165, 1.54) is 32.1 Å². The summed E-state index contributed by atoms with van der Waals surface area (Å²) in [4.78, 5) is 14.9. The number of hydrogen-bond donors (Lipinski definition) is 1. The summed E-state index contributed by atoms with van der Waals surface area (Å²) in [5.41, 5.74) is 5.69. The molecule has 1 rings (SSSR count). The molecule has 1 saturated carbocycles. The third-order valence-corrected chi connectivity index (χ3v) is 4.74. The number of amides is 1. The zero-order valence-corrected chi connectivity index (χ0v) is 13.1. The molecule has 0 unspecified atom stereocenters. The molecule has 0 aromatic heterocycles. The van der Waals surface area contributed by atoms with E-state index in [-0.39, 0.29) is 5.41 Å². The number of rotatable bonds is 7. The van der Waals surface area contributed by atoms with Crippen molar-refractivity contribution in [2.45, 2.75) is 77.7 Å². The number of nitrogens with two attached hydrogens (primary N) is 1. The molecule has 0 radical (unpaired) electrons. The van der Waals surface area contributed by atoms with Crippen LogP contribution in [0.2, 0.25) is 0 Å². The van der Waals surface area contributed by atoms with Gasteiger partial charge in [0.1, 0.15) is 0 Å². The Labute approximate surface area is 118 Å². The summed E-state index contributed by atoms with van der Waals surface area (Å²) in [5.74, 6) is 0.297. The lowest BCUT2D eigenvalue weighted by atomic mass is 9.77. The van der Waals surface area contributed by atoms with Crippen molar-refractivity contribution in [3.8, 4) is 0 Å². The quantitative estimate of drug-likeness (QED) is 0.770. The van der Waals surface area contributed by atoms with E-state index in [2.05, 4.69) is 13.8 Å². The number of hydrogen-bond acceptors (Lipinski definition) is 2. The van der Waals surface area contributed by atoms with Gasteiger partial charge in [0, 0.05) is 19.6 Å². The number of carbonyl (C=O) groups excluding carboxylic acids is 1. The molecule has 3 nitrogen and oxygen atoms in total. The fourth-order valence-electron chi connectivity index (χ4n) is 3.60. The van der Waals surface area contributed by atoms with E-state index in [9.17, 15) is 4.79 Å². The second-order valence-electron chi connectivity index (χ2n) is 6.19. The topological polar surface area (TPSA) is 46.3 Å². The van der Waals surface area contributed by atoms with E-state index in [0.717, 1.165) is 25.7 Å². The molecule has 19 heavy (non-hydrogen) atoms. The van der Waals surface area contributed by atoms with Crippen LogP contribution in [0.15, 0.2) is 0 Å². The Kier molecular flexibility index (Phi) is 6.84. The van der Waals surface area contributed by atoms with Gasteiger partial charge in [0.2, 0.25) is 5.91 Å². The van der Waals surface area contributed by atoms with Gasteiger partial charge in [-0.15, -0.1) is 0 Å². The van der Waals surface area contributed by atoms with Crippen LogP contribution >= 0.6 is 0 Å². The summed E-state index contributed by atoms with van der Waals surface area (Å²) in [6.45, 7) is 4.78. The maximum absolute atomic E-state index is 12.9. The lowest BCUT2D eigenvalue weighted by molar-refractivity contribution is -0.144. The summed E-state index contributed by atoms with van der Waals surface area (Å²) in [6.07, 6.45) is 10.1. The van der Waals surface area contributed by atoms with Crippen LogP contribution in [-0.4, -0.2) is 30.4 Å². The summed E-state index contributed by atoms with van der Waals surface area (Å²) in [7, 11) is 1.99. The maximum atomic E-state index is 12.9. The van der Waals surface area contributed by atoms with Gasteiger partial charge in [-0.1, -0.05) is 46.0 Å². The molecule has 0 atom stereocenters. The van der Waals surface area contributed by atoms with E-state index < -0.39 is 0 Å². The zero-order chi connectivity index (χ0) is 14.3. The summed E-state index contributed by atoms with van der Waals surface area (Å²) in [6, 6.07) is 0.445. The summed E-state index contributed by atoms with van der Waals surface area (Å²) in [5, 5.41) is 0. The fourth-order valence-corrected chi connectivity index (χ4v) is 3.60. The largest absolute Gasteiger partial charge is 0.342 e. The molecule has 0 aromatic rings. The molecule has 2 N–H and O–H groups in total. The average Bonchev–Trinajstić information content (AvgIpc) is 2.46. The first-order chi connectivity index (χ1) is 9.11. The van der Waals surface area contributed by atoms with Crippen molar-refractivity contribution < 1.29 is 4.79 Å². The monoisotopic (exact) mass is 268 g/mol. The van der Waals surface area contributed by atoms with Crippen molar-refractivity contribution in [1.29, 1.82) is 0 Å². The van der Waals surface area contributed by atoms with Gasteiger partial charge in [-0.3, -0.25) is 4.79 Å². The second kappa shape index (κ2) is 7.88. The van der Waals surface area contributed by atoms with Crippen LogP contribution in [0, 0.1) is 5.41 Å². The molecule has 1 aliphatic rings. The minimum Gasteiger partial charge on any atom is -0.342 e. The van der Waals surface area contributed by atoms with Crippen LogP contribution in [0.3, 0.4) is 0 Å². The highest BCUT2D eigenvalue weighted by Gasteiger charge is 2.39. The molecule has 1 amide bonds. The third kappa shape index (κ3) is 3.95. The minimum absolute atomic E-state index is 0.297. The lowest BCUT2D eigenvalue weighted by Gasteiger charge is -2.39. The molecule has 0 aliphatic heterocycles. The zero-order valence-electron chi connectivity index (χ0n) is 13.1. The highest BCUT2D eigenvalue weighted by atomic mass is 16.2. The summed E-state index contributed by atoms with van der Waals surface area (Å²) < 4.78 is 0. The van der Waals surface area contributed by atoms with Crippen LogP contribution in [0.4, 0.5) is 0 Å². The Morgan fingerprint density at radius 3 is 2.11 bits per heavy atom. The smallest absolute Gasteiger partial charge is 0.230 e. The molecule has 0 bridgehead atoms. The predicted molar refractivity (Wildman–Crippen MR) is 80.9 cm³/mol. The van der Waals surface area contributed by atoms with Gasteiger partial charge in [0.25, 0.3) is 0 Å². The number of carbonyl (C=O) groups is 1. The summed E-state index contributed by atoms with van der Waals surface area (Å²) >= 11 is 0. The van der Waals surface area contributed by atoms with Crippen molar-refractivity contribution in [1.82, 2.24) is 4.90 Å².